The Morgan fingerprint density at radius 2 is 1.84 bits per heavy atom. The van der Waals surface area contributed by atoms with Gasteiger partial charge in [-0.2, -0.15) is 0 Å². The predicted molar refractivity (Wildman–Crippen MR) is 154 cm³/mol. The number of benzene rings is 2. The highest BCUT2D eigenvalue weighted by atomic mass is 35.5. The number of H-pyrrole nitrogens is 1. The molecule has 2 aliphatic rings. The molecule has 0 spiro atoms. The van der Waals surface area contributed by atoms with E-state index in [9.17, 15) is 4.79 Å². The molecule has 2 aromatic carbocycles. The van der Waals surface area contributed by atoms with Crippen molar-refractivity contribution in [1.82, 2.24) is 9.88 Å². The summed E-state index contributed by atoms with van der Waals surface area (Å²) in [6, 6.07) is 14.6. The molecule has 7 heteroatoms. The number of carbonyl (C=O) groups excluding carboxylic acids is 1. The maximum absolute atomic E-state index is 9.97. The molecule has 5 rings (SSSR count). The number of halogens is 1. The molecular formula is C31H37ClN2O4. The van der Waals surface area contributed by atoms with Gasteiger partial charge < -0.3 is 19.2 Å². The van der Waals surface area contributed by atoms with Crippen LogP contribution in [-0.2, 0) is 20.7 Å². The first-order chi connectivity index (χ1) is 18.5. The van der Waals surface area contributed by atoms with Gasteiger partial charge in [-0.1, -0.05) is 50.2 Å². The fraction of sp³-hybridized carbons (Fsp3) is 0.323. The zero-order chi connectivity index (χ0) is 27.7. The molecule has 2 atom stereocenters. The molecule has 0 bridgehead atoms. The summed E-state index contributed by atoms with van der Waals surface area (Å²) in [7, 11) is 3.77. The molecular weight excluding hydrogens is 500 g/mol. The third-order valence-electron chi connectivity index (χ3n) is 6.58. The van der Waals surface area contributed by atoms with E-state index in [0.717, 1.165) is 35.0 Å². The van der Waals surface area contributed by atoms with Crippen molar-refractivity contribution in [2.24, 2.45) is 5.92 Å². The van der Waals surface area contributed by atoms with E-state index in [1.54, 1.807) is 25.3 Å². The monoisotopic (exact) mass is 536 g/mol. The third kappa shape index (κ3) is 6.50. The van der Waals surface area contributed by atoms with Crippen LogP contribution in [0.15, 0.2) is 78.8 Å². The second-order valence-corrected chi connectivity index (χ2v) is 9.22. The Hall–Kier alpha value is -3.48. The van der Waals surface area contributed by atoms with Gasteiger partial charge in [-0.05, 0) is 74.0 Å². The molecule has 202 valence electrons. The lowest BCUT2D eigenvalue weighted by Gasteiger charge is -2.33. The van der Waals surface area contributed by atoms with Crippen LogP contribution >= 0.6 is 11.6 Å². The van der Waals surface area contributed by atoms with E-state index in [2.05, 4.69) is 47.8 Å². The molecule has 0 fully saturated rings. The number of ether oxygens (including phenoxy) is 3. The first kappa shape index (κ1) is 29.1. The lowest BCUT2D eigenvalue weighted by atomic mass is 9.93. The quantitative estimate of drug-likeness (QED) is 0.255. The van der Waals surface area contributed by atoms with Crippen LogP contribution in [-0.4, -0.2) is 43.7 Å². The highest BCUT2D eigenvalue weighted by Crippen LogP contribution is 2.38. The van der Waals surface area contributed by atoms with Gasteiger partial charge in [0, 0.05) is 28.2 Å². The molecule has 0 saturated heterocycles. The number of fused-ring (bicyclic) bond motifs is 3. The molecule has 2 unspecified atom stereocenters. The fourth-order valence-electron chi connectivity index (χ4n) is 4.74. The molecule has 38 heavy (non-hydrogen) atoms. The standard InChI is InChI=1S/C21H21ClN2O.C8H10O3.C2H6/c1-3-12-25-16-7-4-14(5-8-16)21-20-17(10-11-24(21)2)18-13-15(22)6-9-19(18)23-20;1-6-7(10-2)3-4-8(6)11-5-9;1-2/h3-9,13,21,23H,1,10-12H2,2H3;3-6H,1-2H3;1-2H3. The normalized spacial score (nSPS) is 18.1. The predicted octanol–water partition coefficient (Wildman–Crippen LogP) is 7.21. The van der Waals surface area contributed by atoms with Crippen LogP contribution in [0.25, 0.3) is 10.9 Å². The minimum absolute atomic E-state index is 0.0604. The number of nitrogens with zero attached hydrogens (tertiary/aromatic N) is 1. The van der Waals surface area contributed by atoms with Crippen LogP contribution < -0.4 is 4.74 Å². The second-order valence-electron chi connectivity index (χ2n) is 8.79. The topological polar surface area (TPSA) is 63.8 Å². The molecule has 0 radical (unpaired) electrons. The molecule has 1 N–H and O–H groups in total. The van der Waals surface area contributed by atoms with Gasteiger partial charge in [0.15, 0.2) is 0 Å². The van der Waals surface area contributed by atoms with Gasteiger partial charge >= 0.3 is 0 Å². The first-order valence-corrected chi connectivity index (χ1v) is 13.2. The molecule has 0 amide bonds. The van der Waals surface area contributed by atoms with Crippen molar-refractivity contribution in [1.29, 1.82) is 0 Å². The van der Waals surface area contributed by atoms with Crippen molar-refractivity contribution in [3.8, 4) is 5.75 Å². The van der Waals surface area contributed by atoms with Crippen molar-refractivity contribution < 1.29 is 19.0 Å². The van der Waals surface area contributed by atoms with Gasteiger partial charge in [-0.25, -0.2) is 0 Å². The van der Waals surface area contributed by atoms with E-state index >= 15 is 0 Å². The Morgan fingerprint density at radius 1 is 1.13 bits per heavy atom. The number of carbonyl (C=O) groups is 1. The number of hydrogen-bond donors (Lipinski definition) is 1. The first-order valence-electron chi connectivity index (χ1n) is 12.9. The van der Waals surface area contributed by atoms with Crippen molar-refractivity contribution in [2.45, 2.75) is 33.2 Å². The minimum atomic E-state index is 0.0604. The number of aromatic nitrogens is 1. The van der Waals surface area contributed by atoms with Crippen LogP contribution in [0.4, 0.5) is 0 Å². The van der Waals surface area contributed by atoms with Gasteiger partial charge in [0.05, 0.1) is 19.1 Å². The molecule has 6 nitrogen and oxygen atoms in total. The largest absolute Gasteiger partial charge is 0.500 e. The summed E-state index contributed by atoms with van der Waals surface area (Å²) in [4.78, 5) is 16.0. The van der Waals surface area contributed by atoms with Crippen LogP contribution in [0, 0.1) is 5.92 Å². The lowest BCUT2D eigenvalue weighted by molar-refractivity contribution is -0.125. The number of allylic oxidation sites excluding steroid dienone is 2. The number of hydrogen-bond acceptors (Lipinski definition) is 5. The Balaban J connectivity index is 0.000000259. The number of nitrogens with one attached hydrogen (secondary N) is 1. The van der Waals surface area contributed by atoms with Gasteiger partial charge in [0.25, 0.3) is 6.47 Å². The Morgan fingerprint density at radius 3 is 2.47 bits per heavy atom. The molecule has 3 aromatic rings. The zero-order valence-electron chi connectivity index (χ0n) is 22.8. The Kier molecular flexibility index (Phi) is 10.6. The molecule has 1 aliphatic heterocycles. The summed E-state index contributed by atoms with van der Waals surface area (Å²) < 4.78 is 15.3. The van der Waals surface area contributed by atoms with Gasteiger partial charge in [0.1, 0.15) is 23.9 Å². The smallest absolute Gasteiger partial charge is 0.298 e. The summed E-state index contributed by atoms with van der Waals surface area (Å²) in [6.07, 6.45) is 6.31. The minimum Gasteiger partial charge on any atom is -0.500 e. The molecule has 2 heterocycles. The summed E-state index contributed by atoms with van der Waals surface area (Å²) in [6.45, 7) is 11.6. The lowest BCUT2D eigenvalue weighted by Crippen LogP contribution is -2.32. The van der Waals surface area contributed by atoms with Crippen LogP contribution in [0.5, 0.6) is 5.75 Å². The average molecular weight is 537 g/mol. The summed E-state index contributed by atoms with van der Waals surface area (Å²) in [5.74, 6) is 2.38. The van der Waals surface area contributed by atoms with Crippen LogP contribution in [0.1, 0.15) is 43.6 Å². The van der Waals surface area contributed by atoms with Crippen LogP contribution in [0.3, 0.4) is 0 Å². The highest BCUT2D eigenvalue weighted by molar-refractivity contribution is 6.31. The Bertz CT molecular complexity index is 1290. The van der Waals surface area contributed by atoms with Gasteiger partial charge in [-0.3, -0.25) is 9.69 Å². The zero-order valence-corrected chi connectivity index (χ0v) is 23.5. The van der Waals surface area contributed by atoms with Gasteiger partial charge in [-0.15, -0.1) is 0 Å². The SMILES string of the molecule is C=CCOc1ccc(C2c3[nH]c4ccc(Cl)cc4c3CCN2C)cc1.CC.COC1=CC=C(OC=O)C1C. The number of likely N-dealkylation sites (N-methyl/N-ethyl adjacent to an activating group) is 1. The average Bonchev–Trinajstić information content (AvgIpc) is 3.48. The summed E-state index contributed by atoms with van der Waals surface area (Å²) in [5, 5.41) is 2.03. The van der Waals surface area contributed by atoms with E-state index in [-0.39, 0.29) is 12.0 Å². The van der Waals surface area contributed by atoms with Crippen molar-refractivity contribution in [3.63, 3.8) is 0 Å². The van der Waals surface area contributed by atoms with Crippen molar-refractivity contribution in [2.75, 3.05) is 27.3 Å². The highest BCUT2D eigenvalue weighted by Gasteiger charge is 2.29. The fourth-order valence-corrected chi connectivity index (χ4v) is 4.91. The van der Waals surface area contributed by atoms with Crippen molar-refractivity contribution >= 4 is 29.0 Å². The number of rotatable bonds is 7. The molecule has 0 saturated carbocycles. The summed E-state index contributed by atoms with van der Waals surface area (Å²) >= 11 is 6.21. The van der Waals surface area contributed by atoms with Crippen LogP contribution in [0.2, 0.25) is 5.02 Å². The van der Waals surface area contributed by atoms with Gasteiger partial charge in [0.2, 0.25) is 0 Å². The maximum Gasteiger partial charge on any atom is 0.298 e. The van der Waals surface area contributed by atoms with E-state index < -0.39 is 0 Å². The van der Waals surface area contributed by atoms with E-state index in [1.165, 1.54) is 22.2 Å². The van der Waals surface area contributed by atoms with E-state index in [0.29, 0.717) is 18.8 Å². The number of aromatic amines is 1. The van der Waals surface area contributed by atoms with Crippen molar-refractivity contribution in [3.05, 3.63) is 101 Å². The maximum atomic E-state index is 9.97. The second kappa shape index (κ2) is 13.9. The summed E-state index contributed by atoms with van der Waals surface area (Å²) in [5.41, 5.74) is 5.06. The Labute approximate surface area is 230 Å². The molecule has 1 aromatic heterocycles. The third-order valence-corrected chi connectivity index (χ3v) is 6.81. The van der Waals surface area contributed by atoms with E-state index in [4.69, 9.17) is 25.8 Å². The molecule has 1 aliphatic carbocycles. The van der Waals surface area contributed by atoms with E-state index in [1.807, 2.05) is 39.0 Å². The number of methoxy groups -OCH3 is 1.